The van der Waals surface area contributed by atoms with Crippen LogP contribution in [0.25, 0.3) is 0 Å². The highest BCUT2D eigenvalue weighted by molar-refractivity contribution is 5.95. The van der Waals surface area contributed by atoms with Crippen LogP contribution in [0.4, 0.5) is 0 Å². The summed E-state index contributed by atoms with van der Waals surface area (Å²) in [6.45, 7) is 5.48. The van der Waals surface area contributed by atoms with E-state index in [9.17, 15) is 14.4 Å². The lowest BCUT2D eigenvalue weighted by atomic mass is 9.88. The minimum atomic E-state index is -0.0641. The molecule has 3 rings (SSSR count). The van der Waals surface area contributed by atoms with Crippen molar-refractivity contribution in [2.24, 2.45) is 5.92 Å². The van der Waals surface area contributed by atoms with E-state index in [4.69, 9.17) is 0 Å². The van der Waals surface area contributed by atoms with Gasteiger partial charge in [0.25, 0.3) is 5.91 Å². The summed E-state index contributed by atoms with van der Waals surface area (Å²) in [5, 5.41) is 6.43. The molecule has 6 nitrogen and oxygen atoms in total. The SMILES string of the molecule is CCCCCCCC(=O)N1CCC(C(=O)N[C@@H]2CCCC[C@H]2NC(=O)c2ccccc2C)CC1. The molecule has 6 heteroatoms. The van der Waals surface area contributed by atoms with E-state index in [-0.39, 0.29) is 35.7 Å². The lowest BCUT2D eigenvalue weighted by Crippen LogP contribution is -2.55. The van der Waals surface area contributed by atoms with E-state index in [1.165, 1.54) is 19.3 Å². The molecule has 1 heterocycles. The molecule has 2 N–H and O–H groups in total. The Kier molecular flexibility index (Phi) is 10.4. The van der Waals surface area contributed by atoms with Crippen LogP contribution in [-0.4, -0.2) is 47.8 Å². The summed E-state index contributed by atoms with van der Waals surface area (Å²) >= 11 is 0. The zero-order chi connectivity index (χ0) is 24.3. The van der Waals surface area contributed by atoms with Gasteiger partial charge >= 0.3 is 0 Å². The predicted octanol–water partition coefficient (Wildman–Crippen LogP) is 4.75. The van der Waals surface area contributed by atoms with E-state index in [1.54, 1.807) is 0 Å². The number of carbonyl (C=O) groups excluding carboxylic acids is 3. The first-order valence-electron chi connectivity index (χ1n) is 13.4. The molecule has 1 saturated heterocycles. The summed E-state index contributed by atoms with van der Waals surface area (Å²) in [6, 6.07) is 7.53. The van der Waals surface area contributed by atoms with Crippen molar-refractivity contribution >= 4 is 17.7 Å². The molecule has 0 bridgehead atoms. The van der Waals surface area contributed by atoms with Gasteiger partial charge in [0.1, 0.15) is 0 Å². The first-order chi connectivity index (χ1) is 16.5. The summed E-state index contributed by atoms with van der Waals surface area (Å²) in [5.41, 5.74) is 1.65. The topological polar surface area (TPSA) is 78.5 Å². The maximum atomic E-state index is 13.0. The van der Waals surface area contributed by atoms with Gasteiger partial charge in [0.05, 0.1) is 0 Å². The summed E-state index contributed by atoms with van der Waals surface area (Å²) in [5.74, 6) is 0.198. The molecular weight excluding hydrogens is 426 g/mol. The van der Waals surface area contributed by atoms with Gasteiger partial charge in [-0.25, -0.2) is 0 Å². The highest BCUT2D eigenvalue weighted by Gasteiger charge is 2.32. The minimum absolute atomic E-state index is 0.0306. The second-order valence-electron chi connectivity index (χ2n) is 10.1. The van der Waals surface area contributed by atoms with E-state index >= 15 is 0 Å². The van der Waals surface area contributed by atoms with E-state index in [2.05, 4.69) is 17.6 Å². The Labute approximate surface area is 205 Å². The number of amides is 3. The van der Waals surface area contributed by atoms with Crippen LogP contribution in [0.15, 0.2) is 24.3 Å². The van der Waals surface area contributed by atoms with E-state index < -0.39 is 0 Å². The maximum absolute atomic E-state index is 13.0. The van der Waals surface area contributed by atoms with Gasteiger partial charge in [-0.15, -0.1) is 0 Å². The van der Waals surface area contributed by atoms with Crippen molar-refractivity contribution in [3.8, 4) is 0 Å². The minimum Gasteiger partial charge on any atom is -0.351 e. The number of nitrogens with one attached hydrogen (secondary N) is 2. The molecule has 1 aromatic carbocycles. The fourth-order valence-corrected chi connectivity index (χ4v) is 5.28. The van der Waals surface area contributed by atoms with Gasteiger partial charge in [0, 0.05) is 43.1 Å². The molecule has 2 atom stereocenters. The van der Waals surface area contributed by atoms with Crippen molar-refractivity contribution in [3.05, 3.63) is 35.4 Å². The summed E-state index contributed by atoms with van der Waals surface area (Å²) in [6.07, 6.45) is 11.7. The van der Waals surface area contributed by atoms with E-state index in [1.807, 2.05) is 36.1 Å². The third kappa shape index (κ3) is 7.57. The van der Waals surface area contributed by atoms with Crippen LogP contribution in [0, 0.1) is 12.8 Å². The fourth-order valence-electron chi connectivity index (χ4n) is 5.28. The van der Waals surface area contributed by atoms with Crippen molar-refractivity contribution in [1.82, 2.24) is 15.5 Å². The number of unbranched alkanes of at least 4 members (excludes halogenated alkanes) is 4. The number of nitrogens with zero attached hydrogens (tertiary/aromatic N) is 1. The Morgan fingerprint density at radius 2 is 1.53 bits per heavy atom. The zero-order valence-corrected chi connectivity index (χ0v) is 21.1. The Morgan fingerprint density at radius 3 is 2.21 bits per heavy atom. The third-order valence-corrected chi connectivity index (χ3v) is 7.51. The summed E-state index contributed by atoms with van der Waals surface area (Å²) < 4.78 is 0. The van der Waals surface area contributed by atoms with E-state index in [0.29, 0.717) is 25.1 Å². The van der Waals surface area contributed by atoms with Crippen molar-refractivity contribution in [2.45, 2.75) is 103 Å². The molecule has 1 aliphatic carbocycles. The van der Waals surface area contributed by atoms with Crippen molar-refractivity contribution in [2.75, 3.05) is 13.1 Å². The molecule has 3 amide bonds. The number of hydrogen-bond donors (Lipinski definition) is 2. The average Bonchev–Trinajstić information content (AvgIpc) is 2.85. The molecule has 1 aliphatic heterocycles. The molecule has 0 aromatic heterocycles. The Bertz CT molecular complexity index is 817. The first kappa shape index (κ1) is 26.2. The van der Waals surface area contributed by atoms with Crippen LogP contribution in [0.5, 0.6) is 0 Å². The largest absolute Gasteiger partial charge is 0.351 e. The standard InChI is InChI=1S/C28H43N3O3/c1-3-4-5-6-7-16-26(32)31-19-17-22(18-20-31)27(33)29-24-14-10-11-15-25(24)30-28(34)23-13-9-8-12-21(23)2/h8-9,12-13,22,24-25H,3-7,10-11,14-20H2,1-2H3,(H,29,33)(H,30,34)/t24-,25-/m1/s1. The number of benzene rings is 1. The fraction of sp³-hybridized carbons (Fsp3) is 0.679. The second-order valence-corrected chi connectivity index (χ2v) is 10.1. The van der Waals surface area contributed by atoms with Crippen LogP contribution in [0.3, 0.4) is 0 Å². The quantitative estimate of drug-likeness (QED) is 0.485. The Morgan fingerprint density at radius 1 is 0.882 bits per heavy atom. The molecule has 188 valence electrons. The normalized spacial score (nSPS) is 21.2. The average molecular weight is 470 g/mol. The molecule has 2 aliphatic rings. The summed E-state index contributed by atoms with van der Waals surface area (Å²) in [7, 11) is 0. The maximum Gasteiger partial charge on any atom is 0.251 e. The third-order valence-electron chi connectivity index (χ3n) is 7.51. The molecule has 1 saturated carbocycles. The van der Waals surface area contributed by atoms with Crippen LogP contribution in [0.1, 0.15) is 99.9 Å². The lowest BCUT2D eigenvalue weighted by molar-refractivity contribution is -0.136. The van der Waals surface area contributed by atoms with Gasteiger partial charge in [-0.05, 0) is 50.7 Å². The zero-order valence-electron chi connectivity index (χ0n) is 21.1. The summed E-state index contributed by atoms with van der Waals surface area (Å²) in [4.78, 5) is 40.3. The smallest absolute Gasteiger partial charge is 0.251 e. The Balaban J connectivity index is 1.44. The number of aryl methyl sites for hydroxylation is 1. The molecule has 0 unspecified atom stereocenters. The molecular formula is C28H43N3O3. The van der Waals surface area contributed by atoms with Crippen molar-refractivity contribution in [1.29, 1.82) is 0 Å². The number of rotatable bonds is 10. The number of hydrogen-bond acceptors (Lipinski definition) is 3. The predicted molar refractivity (Wildman–Crippen MR) is 136 cm³/mol. The van der Waals surface area contributed by atoms with Crippen LogP contribution in [0.2, 0.25) is 0 Å². The van der Waals surface area contributed by atoms with Gasteiger partial charge in [0.2, 0.25) is 11.8 Å². The van der Waals surface area contributed by atoms with Crippen LogP contribution >= 0.6 is 0 Å². The molecule has 0 spiro atoms. The molecule has 2 fully saturated rings. The van der Waals surface area contributed by atoms with Gasteiger partial charge in [-0.2, -0.15) is 0 Å². The monoisotopic (exact) mass is 469 g/mol. The first-order valence-corrected chi connectivity index (χ1v) is 13.4. The van der Waals surface area contributed by atoms with Crippen LogP contribution < -0.4 is 10.6 Å². The van der Waals surface area contributed by atoms with Gasteiger partial charge in [-0.3, -0.25) is 14.4 Å². The van der Waals surface area contributed by atoms with Crippen molar-refractivity contribution < 1.29 is 14.4 Å². The van der Waals surface area contributed by atoms with Gasteiger partial charge in [-0.1, -0.05) is 63.6 Å². The number of carbonyl (C=O) groups is 3. The number of piperidine rings is 1. The molecule has 34 heavy (non-hydrogen) atoms. The van der Waals surface area contributed by atoms with Gasteiger partial charge in [0.15, 0.2) is 0 Å². The molecule has 0 radical (unpaired) electrons. The number of likely N-dealkylation sites (tertiary alicyclic amines) is 1. The van der Waals surface area contributed by atoms with Crippen LogP contribution in [-0.2, 0) is 9.59 Å². The van der Waals surface area contributed by atoms with Gasteiger partial charge < -0.3 is 15.5 Å². The van der Waals surface area contributed by atoms with E-state index in [0.717, 1.165) is 56.9 Å². The highest BCUT2D eigenvalue weighted by Crippen LogP contribution is 2.23. The molecule has 1 aromatic rings. The lowest BCUT2D eigenvalue weighted by Gasteiger charge is -2.36. The second kappa shape index (κ2) is 13.5. The van der Waals surface area contributed by atoms with Crippen molar-refractivity contribution in [3.63, 3.8) is 0 Å². The highest BCUT2D eigenvalue weighted by atomic mass is 16.2. The Hall–Kier alpha value is -2.37.